The van der Waals surface area contributed by atoms with Gasteiger partial charge in [0.1, 0.15) is 5.58 Å². The predicted octanol–water partition coefficient (Wildman–Crippen LogP) is 5.20. The molecule has 0 atom stereocenters. The molecule has 0 aliphatic heterocycles. The number of fused-ring (bicyclic) bond motifs is 3. The minimum absolute atomic E-state index is 0.0557. The normalized spacial score (nSPS) is 11.4. The second-order valence-corrected chi connectivity index (χ2v) is 5.94. The Labute approximate surface area is 149 Å². The maximum absolute atomic E-state index is 12.5. The van der Waals surface area contributed by atoms with Crippen LogP contribution < -0.4 is 4.74 Å². The van der Waals surface area contributed by atoms with E-state index < -0.39 is 0 Å². The summed E-state index contributed by atoms with van der Waals surface area (Å²) in [6, 6.07) is 18.5. The van der Waals surface area contributed by atoms with Crippen LogP contribution in [0.4, 0.5) is 0 Å². The summed E-state index contributed by atoms with van der Waals surface area (Å²) in [5, 5.41) is 12.7. The van der Waals surface area contributed by atoms with Crippen LogP contribution >= 0.6 is 0 Å². The number of carbonyl (C=O) groups is 1. The number of aromatic hydroxyl groups is 1. The lowest BCUT2D eigenvalue weighted by molar-refractivity contribution is 0.102. The molecule has 4 heteroatoms. The topological polar surface area (TPSA) is 59.7 Å². The van der Waals surface area contributed by atoms with Crippen LogP contribution in [0.2, 0.25) is 0 Å². The van der Waals surface area contributed by atoms with Gasteiger partial charge in [-0.15, -0.1) is 0 Å². The van der Waals surface area contributed by atoms with Crippen molar-refractivity contribution in [2.24, 2.45) is 0 Å². The molecule has 0 aliphatic carbocycles. The van der Waals surface area contributed by atoms with E-state index in [-0.39, 0.29) is 11.5 Å². The molecule has 26 heavy (non-hydrogen) atoms. The van der Waals surface area contributed by atoms with E-state index in [9.17, 15) is 9.90 Å². The van der Waals surface area contributed by atoms with Gasteiger partial charge in [-0.05, 0) is 46.7 Å². The Kier molecular flexibility index (Phi) is 3.93. The second kappa shape index (κ2) is 6.41. The molecule has 0 spiro atoms. The Morgan fingerprint density at radius 3 is 2.73 bits per heavy atom. The number of methoxy groups -OCH3 is 1. The fraction of sp³-hybridized carbons (Fsp3) is 0.0455. The number of benzene rings is 3. The summed E-state index contributed by atoms with van der Waals surface area (Å²) < 4.78 is 10.8. The molecule has 0 bridgehead atoms. The maximum atomic E-state index is 12.5. The molecular weight excluding hydrogens is 328 g/mol. The van der Waals surface area contributed by atoms with Crippen LogP contribution in [0.1, 0.15) is 16.1 Å². The molecule has 128 valence electrons. The van der Waals surface area contributed by atoms with Crippen LogP contribution in [-0.2, 0) is 0 Å². The van der Waals surface area contributed by atoms with Crippen LogP contribution in [0.15, 0.2) is 71.2 Å². The van der Waals surface area contributed by atoms with Crippen LogP contribution in [0.5, 0.6) is 11.5 Å². The summed E-state index contributed by atoms with van der Waals surface area (Å²) >= 11 is 0. The van der Waals surface area contributed by atoms with E-state index in [1.165, 1.54) is 19.3 Å². The molecular formula is C22H16O4. The van der Waals surface area contributed by atoms with Crippen LogP contribution in [0.25, 0.3) is 27.8 Å². The molecule has 4 aromatic rings. The van der Waals surface area contributed by atoms with E-state index >= 15 is 0 Å². The summed E-state index contributed by atoms with van der Waals surface area (Å²) in [6.45, 7) is 0. The lowest BCUT2D eigenvalue weighted by atomic mass is 10.1. The number of phenols is 1. The molecule has 0 amide bonds. The van der Waals surface area contributed by atoms with Crippen LogP contribution in [0.3, 0.4) is 0 Å². The summed E-state index contributed by atoms with van der Waals surface area (Å²) in [5.41, 5.74) is 1.43. The highest BCUT2D eigenvalue weighted by Crippen LogP contribution is 2.29. The van der Waals surface area contributed by atoms with E-state index in [0.717, 1.165) is 21.7 Å². The Morgan fingerprint density at radius 1 is 1.04 bits per heavy atom. The van der Waals surface area contributed by atoms with Crippen molar-refractivity contribution in [2.45, 2.75) is 0 Å². The third-order valence-electron chi connectivity index (χ3n) is 4.30. The molecule has 3 aromatic carbocycles. The minimum atomic E-state index is -0.225. The molecule has 0 unspecified atom stereocenters. The summed E-state index contributed by atoms with van der Waals surface area (Å²) in [6.07, 6.45) is 3.11. The van der Waals surface area contributed by atoms with Gasteiger partial charge < -0.3 is 14.3 Å². The van der Waals surface area contributed by atoms with E-state index in [0.29, 0.717) is 17.1 Å². The Bertz CT molecular complexity index is 1150. The van der Waals surface area contributed by atoms with Gasteiger partial charge in [-0.1, -0.05) is 42.5 Å². The third-order valence-corrected chi connectivity index (χ3v) is 4.30. The molecule has 0 aliphatic rings. The Morgan fingerprint density at radius 2 is 1.88 bits per heavy atom. The lowest BCUT2D eigenvalue weighted by Gasteiger charge is -2.03. The smallest absolute Gasteiger partial charge is 0.221 e. The highest BCUT2D eigenvalue weighted by Gasteiger charge is 2.12. The van der Waals surface area contributed by atoms with Crippen molar-refractivity contribution in [3.63, 3.8) is 0 Å². The van der Waals surface area contributed by atoms with Crippen molar-refractivity contribution in [1.29, 1.82) is 0 Å². The first-order chi connectivity index (χ1) is 12.7. The molecule has 1 N–H and O–H groups in total. The molecule has 1 heterocycles. The number of hydrogen-bond acceptors (Lipinski definition) is 4. The third kappa shape index (κ3) is 2.82. The largest absolute Gasteiger partial charge is 0.504 e. The van der Waals surface area contributed by atoms with E-state index in [4.69, 9.17) is 9.15 Å². The fourth-order valence-electron chi connectivity index (χ4n) is 2.97. The van der Waals surface area contributed by atoms with Gasteiger partial charge in [0.25, 0.3) is 0 Å². The van der Waals surface area contributed by atoms with Gasteiger partial charge in [-0.2, -0.15) is 0 Å². The number of ether oxygens (including phenoxy) is 1. The van der Waals surface area contributed by atoms with Crippen molar-refractivity contribution >= 4 is 33.6 Å². The van der Waals surface area contributed by atoms with Gasteiger partial charge in [0.2, 0.25) is 5.78 Å². The molecule has 4 nitrogen and oxygen atoms in total. The first-order valence-corrected chi connectivity index (χ1v) is 8.16. The average Bonchev–Trinajstić information content (AvgIpc) is 3.12. The number of carbonyl (C=O) groups excluding carboxylic acids is 1. The zero-order chi connectivity index (χ0) is 18.1. The maximum Gasteiger partial charge on any atom is 0.221 e. The quantitative estimate of drug-likeness (QED) is 0.408. The lowest BCUT2D eigenvalue weighted by Crippen LogP contribution is -1.90. The number of allylic oxidation sites excluding steroid dienone is 1. The molecule has 0 radical (unpaired) electrons. The van der Waals surface area contributed by atoms with Gasteiger partial charge in [0, 0.05) is 5.39 Å². The van der Waals surface area contributed by atoms with Crippen molar-refractivity contribution < 1.29 is 19.1 Å². The van der Waals surface area contributed by atoms with Crippen molar-refractivity contribution in [3.05, 3.63) is 78.1 Å². The van der Waals surface area contributed by atoms with Crippen LogP contribution in [-0.4, -0.2) is 18.0 Å². The number of phenolic OH excluding ortho intramolecular Hbond substituents is 1. The molecule has 1 aromatic heterocycles. The SMILES string of the molecule is COc1cc(/C=C/C(=O)c2cc3c(ccc4ccccc43)o2)ccc1O. The van der Waals surface area contributed by atoms with Gasteiger partial charge in [0.05, 0.1) is 7.11 Å². The van der Waals surface area contributed by atoms with Crippen molar-refractivity contribution in [2.75, 3.05) is 7.11 Å². The van der Waals surface area contributed by atoms with E-state index in [1.807, 2.05) is 36.4 Å². The van der Waals surface area contributed by atoms with Gasteiger partial charge in [-0.25, -0.2) is 0 Å². The Hall–Kier alpha value is -3.53. The number of ketones is 1. The van der Waals surface area contributed by atoms with Gasteiger partial charge >= 0.3 is 0 Å². The van der Waals surface area contributed by atoms with Crippen molar-refractivity contribution in [3.8, 4) is 11.5 Å². The van der Waals surface area contributed by atoms with Gasteiger partial charge in [-0.3, -0.25) is 4.79 Å². The second-order valence-electron chi connectivity index (χ2n) is 5.94. The first-order valence-electron chi connectivity index (χ1n) is 8.16. The van der Waals surface area contributed by atoms with E-state index in [2.05, 4.69) is 0 Å². The molecule has 4 rings (SSSR count). The number of furan rings is 1. The number of rotatable bonds is 4. The molecule has 0 saturated heterocycles. The summed E-state index contributed by atoms with van der Waals surface area (Å²) in [4.78, 5) is 12.5. The average molecular weight is 344 g/mol. The Balaban J connectivity index is 1.67. The first kappa shape index (κ1) is 16.0. The summed E-state index contributed by atoms with van der Waals surface area (Å²) in [5.74, 6) is 0.477. The molecule has 0 saturated carbocycles. The van der Waals surface area contributed by atoms with Gasteiger partial charge in [0.15, 0.2) is 17.3 Å². The number of hydrogen-bond donors (Lipinski definition) is 1. The highest BCUT2D eigenvalue weighted by molar-refractivity contribution is 6.11. The molecule has 0 fully saturated rings. The van der Waals surface area contributed by atoms with Crippen LogP contribution in [0, 0.1) is 0 Å². The summed E-state index contributed by atoms with van der Waals surface area (Å²) in [7, 11) is 1.48. The van der Waals surface area contributed by atoms with Crippen molar-refractivity contribution in [1.82, 2.24) is 0 Å². The monoisotopic (exact) mass is 344 g/mol. The highest BCUT2D eigenvalue weighted by atomic mass is 16.5. The predicted molar refractivity (Wildman–Crippen MR) is 102 cm³/mol. The fourth-order valence-corrected chi connectivity index (χ4v) is 2.97. The zero-order valence-electron chi connectivity index (χ0n) is 14.1. The standard InChI is InChI=1S/C22H16O4/c1-25-21-12-14(6-9-18(21)23)7-10-19(24)22-13-17-16-5-3-2-4-15(16)8-11-20(17)26-22/h2-13,23H,1H3/b10-7+. The zero-order valence-corrected chi connectivity index (χ0v) is 14.1. The minimum Gasteiger partial charge on any atom is -0.504 e. The van der Waals surface area contributed by atoms with E-state index in [1.54, 1.807) is 24.3 Å².